The van der Waals surface area contributed by atoms with E-state index in [0.29, 0.717) is 23.0 Å². The molecule has 6 nitrogen and oxygen atoms in total. The first-order chi connectivity index (χ1) is 9.67. The van der Waals surface area contributed by atoms with Gasteiger partial charge in [0.05, 0.1) is 5.56 Å². The van der Waals surface area contributed by atoms with Gasteiger partial charge in [-0.15, -0.1) is 0 Å². The molecule has 0 aliphatic carbocycles. The van der Waals surface area contributed by atoms with Crippen molar-refractivity contribution in [2.24, 2.45) is 5.92 Å². The van der Waals surface area contributed by atoms with E-state index in [4.69, 9.17) is 14.6 Å². The minimum atomic E-state index is -0.978. The van der Waals surface area contributed by atoms with Crippen LogP contribution < -0.4 is 4.90 Å². The quantitative estimate of drug-likeness (QED) is 0.884. The van der Waals surface area contributed by atoms with Crippen molar-refractivity contribution in [3.8, 4) is 0 Å². The number of carbonyl (C=O) groups is 1. The average Bonchev–Trinajstić information content (AvgIpc) is 3.03. The SMILES string of the molecule is O=C(O)c1ccc2nc(N3CCC(CCO)C3)oc2c1. The molecule has 20 heavy (non-hydrogen) atoms. The van der Waals surface area contributed by atoms with E-state index in [9.17, 15) is 4.79 Å². The predicted molar refractivity (Wildman–Crippen MR) is 73.0 cm³/mol. The van der Waals surface area contributed by atoms with Crippen LogP contribution in [-0.2, 0) is 0 Å². The summed E-state index contributed by atoms with van der Waals surface area (Å²) in [4.78, 5) is 17.4. The topological polar surface area (TPSA) is 86.8 Å². The first-order valence-electron chi connectivity index (χ1n) is 6.67. The largest absolute Gasteiger partial charge is 0.478 e. The minimum absolute atomic E-state index is 0.194. The number of nitrogens with zero attached hydrogens (tertiary/aromatic N) is 2. The highest BCUT2D eigenvalue weighted by Crippen LogP contribution is 2.28. The molecule has 1 fully saturated rings. The molecule has 1 atom stereocenters. The summed E-state index contributed by atoms with van der Waals surface area (Å²) in [5.41, 5.74) is 1.35. The molecule has 0 saturated carbocycles. The average molecular weight is 276 g/mol. The van der Waals surface area contributed by atoms with Gasteiger partial charge in [0, 0.05) is 19.7 Å². The number of carboxylic acids is 1. The number of anilines is 1. The maximum atomic E-state index is 10.9. The Morgan fingerprint density at radius 2 is 2.35 bits per heavy atom. The highest BCUT2D eigenvalue weighted by Gasteiger charge is 2.25. The van der Waals surface area contributed by atoms with Crippen molar-refractivity contribution in [3.05, 3.63) is 23.8 Å². The van der Waals surface area contributed by atoms with Crippen molar-refractivity contribution in [1.82, 2.24) is 4.98 Å². The lowest BCUT2D eigenvalue weighted by Gasteiger charge is -2.12. The standard InChI is InChI=1S/C14H16N2O4/c17-6-4-9-3-5-16(8-9)14-15-11-2-1-10(13(18)19)7-12(11)20-14/h1-2,7,9,17H,3-6,8H2,(H,18,19). The Hall–Kier alpha value is -2.08. The number of aliphatic hydroxyl groups is 1. The lowest BCUT2D eigenvalue weighted by atomic mass is 10.1. The molecule has 6 heteroatoms. The van der Waals surface area contributed by atoms with Crippen molar-refractivity contribution >= 4 is 23.1 Å². The van der Waals surface area contributed by atoms with Gasteiger partial charge in [0.25, 0.3) is 6.01 Å². The van der Waals surface area contributed by atoms with Gasteiger partial charge in [0.1, 0.15) is 5.52 Å². The molecule has 0 bridgehead atoms. The first-order valence-corrected chi connectivity index (χ1v) is 6.67. The molecule has 0 spiro atoms. The molecule has 1 aromatic heterocycles. The third-order valence-corrected chi connectivity index (χ3v) is 3.72. The van der Waals surface area contributed by atoms with Gasteiger partial charge >= 0.3 is 5.97 Å². The van der Waals surface area contributed by atoms with Gasteiger partial charge in [0.15, 0.2) is 5.58 Å². The summed E-state index contributed by atoms with van der Waals surface area (Å²) in [6, 6.07) is 5.21. The Morgan fingerprint density at radius 3 is 3.10 bits per heavy atom. The molecular weight excluding hydrogens is 260 g/mol. The van der Waals surface area contributed by atoms with E-state index >= 15 is 0 Å². The summed E-state index contributed by atoms with van der Waals surface area (Å²) in [6.07, 6.45) is 1.81. The van der Waals surface area contributed by atoms with Gasteiger partial charge in [0.2, 0.25) is 0 Å². The van der Waals surface area contributed by atoms with E-state index in [1.165, 1.54) is 12.1 Å². The summed E-state index contributed by atoms with van der Waals surface area (Å²) in [7, 11) is 0. The Kier molecular flexibility index (Phi) is 3.31. The van der Waals surface area contributed by atoms with Crippen LogP contribution in [0.4, 0.5) is 6.01 Å². The van der Waals surface area contributed by atoms with E-state index in [-0.39, 0.29) is 12.2 Å². The van der Waals surface area contributed by atoms with E-state index in [0.717, 1.165) is 25.9 Å². The molecule has 2 aromatic rings. The number of fused-ring (bicyclic) bond motifs is 1. The molecule has 106 valence electrons. The van der Waals surface area contributed by atoms with Gasteiger partial charge in [-0.2, -0.15) is 4.98 Å². The fraction of sp³-hybridized carbons (Fsp3) is 0.429. The number of aromatic nitrogens is 1. The van der Waals surface area contributed by atoms with Crippen LogP contribution in [0.15, 0.2) is 22.6 Å². The summed E-state index contributed by atoms with van der Waals surface area (Å²) in [5, 5.41) is 17.9. The van der Waals surface area contributed by atoms with Gasteiger partial charge in [-0.1, -0.05) is 0 Å². The number of benzene rings is 1. The highest BCUT2D eigenvalue weighted by atomic mass is 16.4. The lowest BCUT2D eigenvalue weighted by Crippen LogP contribution is -2.20. The molecule has 2 N–H and O–H groups in total. The van der Waals surface area contributed by atoms with Crippen LogP contribution in [0.25, 0.3) is 11.1 Å². The van der Waals surface area contributed by atoms with Crippen LogP contribution in [-0.4, -0.2) is 40.9 Å². The Bertz CT molecular complexity index is 637. The second kappa shape index (κ2) is 5.13. The van der Waals surface area contributed by atoms with Gasteiger partial charge < -0.3 is 19.5 Å². The zero-order valence-corrected chi connectivity index (χ0v) is 11.0. The summed E-state index contributed by atoms with van der Waals surface area (Å²) >= 11 is 0. The van der Waals surface area contributed by atoms with E-state index < -0.39 is 5.97 Å². The molecule has 1 aliphatic rings. The number of aromatic carboxylic acids is 1. The van der Waals surface area contributed by atoms with Gasteiger partial charge in [-0.05, 0) is 37.0 Å². The molecule has 0 radical (unpaired) electrons. The third kappa shape index (κ3) is 2.34. The molecule has 1 aliphatic heterocycles. The predicted octanol–water partition coefficient (Wildman–Crippen LogP) is 1.73. The van der Waals surface area contributed by atoms with Crippen LogP contribution >= 0.6 is 0 Å². The Labute approximate surface area is 115 Å². The number of hydrogen-bond acceptors (Lipinski definition) is 5. The fourth-order valence-corrected chi connectivity index (χ4v) is 2.61. The summed E-state index contributed by atoms with van der Waals surface area (Å²) in [5.74, 6) is -0.515. The normalized spacial score (nSPS) is 18.9. The number of rotatable bonds is 4. The fourth-order valence-electron chi connectivity index (χ4n) is 2.61. The molecule has 1 unspecified atom stereocenters. The Balaban J connectivity index is 1.84. The van der Waals surface area contributed by atoms with Crippen molar-refractivity contribution in [1.29, 1.82) is 0 Å². The summed E-state index contributed by atoms with van der Waals surface area (Å²) in [6.45, 7) is 1.87. The zero-order valence-electron chi connectivity index (χ0n) is 11.0. The van der Waals surface area contributed by atoms with E-state index in [1.807, 2.05) is 4.90 Å². The van der Waals surface area contributed by atoms with Crippen LogP contribution in [0.1, 0.15) is 23.2 Å². The maximum absolute atomic E-state index is 10.9. The van der Waals surface area contributed by atoms with Crippen LogP contribution in [0.2, 0.25) is 0 Å². The molecule has 1 saturated heterocycles. The molecule has 3 rings (SSSR count). The van der Waals surface area contributed by atoms with E-state index in [2.05, 4.69) is 4.98 Å². The zero-order chi connectivity index (χ0) is 14.1. The van der Waals surface area contributed by atoms with Gasteiger partial charge in [-0.25, -0.2) is 4.79 Å². The molecular formula is C14H16N2O4. The first kappa shape index (κ1) is 12.9. The van der Waals surface area contributed by atoms with Crippen LogP contribution in [0.5, 0.6) is 0 Å². The molecule has 2 heterocycles. The van der Waals surface area contributed by atoms with Crippen molar-refractivity contribution in [3.63, 3.8) is 0 Å². The van der Waals surface area contributed by atoms with Crippen LogP contribution in [0.3, 0.4) is 0 Å². The highest BCUT2D eigenvalue weighted by molar-refractivity contribution is 5.92. The number of hydrogen-bond donors (Lipinski definition) is 2. The third-order valence-electron chi connectivity index (χ3n) is 3.72. The van der Waals surface area contributed by atoms with Crippen molar-refractivity contribution in [2.75, 3.05) is 24.6 Å². The van der Waals surface area contributed by atoms with Crippen molar-refractivity contribution in [2.45, 2.75) is 12.8 Å². The maximum Gasteiger partial charge on any atom is 0.335 e. The molecule has 0 amide bonds. The van der Waals surface area contributed by atoms with Crippen molar-refractivity contribution < 1.29 is 19.4 Å². The lowest BCUT2D eigenvalue weighted by molar-refractivity contribution is 0.0697. The summed E-state index contributed by atoms with van der Waals surface area (Å²) < 4.78 is 5.66. The number of oxazole rings is 1. The minimum Gasteiger partial charge on any atom is -0.478 e. The van der Waals surface area contributed by atoms with Gasteiger partial charge in [-0.3, -0.25) is 0 Å². The number of aliphatic hydroxyl groups excluding tert-OH is 1. The Morgan fingerprint density at radius 1 is 1.50 bits per heavy atom. The monoisotopic (exact) mass is 276 g/mol. The van der Waals surface area contributed by atoms with Crippen LogP contribution in [0, 0.1) is 5.92 Å². The molecule has 1 aromatic carbocycles. The number of carboxylic acid groups (broad SMARTS) is 1. The smallest absolute Gasteiger partial charge is 0.335 e. The second-order valence-corrected chi connectivity index (χ2v) is 5.10. The van der Waals surface area contributed by atoms with E-state index in [1.54, 1.807) is 6.07 Å². The second-order valence-electron chi connectivity index (χ2n) is 5.10.